The van der Waals surface area contributed by atoms with Gasteiger partial charge >= 0.3 is 0 Å². The van der Waals surface area contributed by atoms with Crippen LogP contribution in [0.4, 0.5) is 4.39 Å². The van der Waals surface area contributed by atoms with Crippen molar-refractivity contribution in [1.82, 2.24) is 4.90 Å². The smallest absolute Gasteiger partial charge is 0.253 e. The molecule has 144 valence electrons. The highest BCUT2D eigenvalue weighted by Gasteiger charge is 2.25. The van der Waals surface area contributed by atoms with E-state index in [2.05, 4.69) is 6.92 Å². The minimum Gasteiger partial charge on any atom is -0.494 e. The number of piperidine rings is 1. The number of amides is 1. The van der Waals surface area contributed by atoms with E-state index in [0.29, 0.717) is 17.7 Å². The Morgan fingerprint density at radius 1 is 1.22 bits per heavy atom. The topological polar surface area (TPSA) is 38.8 Å². The fourth-order valence-electron chi connectivity index (χ4n) is 3.40. The molecular weight excluding hydrogens is 345 g/mol. The van der Waals surface area contributed by atoms with E-state index in [0.717, 1.165) is 38.0 Å². The van der Waals surface area contributed by atoms with Crippen LogP contribution in [-0.4, -0.2) is 43.7 Å². The fraction of sp³-hybridized carbons (Fsp3) is 0.409. The van der Waals surface area contributed by atoms with Crippen LogP contribution in [0.25, 0.3) is 11.1 Å². The quantitative estimate of drug-likeness (QED) is 0.749. The first kappa shape index (κ1) is 19.4. The second-order valence-electron chi connectivity index (χ2n) is 6.82. The summed E-state index contributed by atoms with van der Waals surface area (Å²) in [6, 6.07) is 12.2. The van der Waals surface area contributed by atoms with Crippen LogP contribution in [-0.2, 0) is 4.74 Å². The van der Waals surface area contributed by atoms with E-state index in [1.807, 2.05) is 29.2 Å². The Labute approximate surface area is 159 Å². The van der Waals surface area contributed by atoms with Gasteiger partial charge in [0.2, 0.25) is 0 Å². The summed E-state index contributed by atoms with van der Waals surface area (Å²) in [6.07, 6.45) is 3.03. The van der Waals surface area contributed by atoms with Crippen LogP contribution in [0.1, 0.15) is 36.5 Å². The van der Waals surface area contributed by atoms with Crippen LogP contribution in [0.15, 0.2) is 42.5 Å². The minimum atomic E-state index is -0.418. The number of carbonyl (C=O) groups excluding carboxylic acids is 1. The summed E-state index contributed by atoms with van der Waals surface area (Å²) in [7, 11) is 1.44. The zero-order valence-corrected chi connectivity index (χ0v) is 15.9. The number of likely N-dealkylation sites (tertiary alicyclic amines) is 1. The van der Waals surface area contributed by atoms with Crippen LogP contribution >= 0.6 is 0 Å². The molecular formula is C22H26FNO3. The summed E-state index contributed by atoms with van der Waals surface area (Å²) in [5, 5.41) is 0. The van der Waals surface area contributed by atoms with Gasteiger partial charge in [-0.15, -0.1) is 0 Å². The van der Waals surface area contributed by atoms with Crippen LogP contribution in [0.3, 0.4) is 0 Å². The normalized spacial score (nSPS) is 17.0. The summed E-state index contributed by atoms with van der Waals surface area (Å²) in [4.78, 5) is 14.8. The molecule has 0 spiro atoms. The van der Waals surface area contributed by atoms with Gasteiger partial charge in [0.1, 0.15) is 0 Å². The first-order valence-electron chi connectivity index (χ1n) is 9.47. The standard InChI is InChI=1S/C22H26FNO3/c1-3-12-27-19-8-5-11-24(15-19)22(25)18-7-4-6-16(13-18)17-9-10-21(26-2)20(23)14-17/h4,6-7,9-10,13-14,19H,3,5,8,11-12,15H2,1-2H3/t19-/m1/s1. The van der Waals surface area contributed by atoms with Gasteiger partial charge in [-0.05, 0) is 54.7 Å². The molecule has 2 aromatic carbocycles. The van der Waals surface area contributed by atoms with Crippen molar-refractivity contribution in [3.05, 3.63) is 53.8 Å². The Hall–Kier alpha value is -2.40. The molecule has 0 N–H and O–H groups in total. The van der Waals surface area contributed by atoms with Crippen molar-refractivity contribution in [2.75, 3.05) is 26.8 Å². The highest BCUT2D eigenvalue weighted by molar-refractivity contribution is 5.95. The van der Waals surface area contributed by atoms with E-state index in [9.17, 15) is 9.18 Å². The van der Waals surface area contributed by atoms with Crippen LogP contribution < -0.4 is 4.74 Å². The van der Waals surface area contributed by atoms with Gasteiger partial charge in [-0.3, -0.25) is 4.79 Å². The predicted octanol–water partition coefficient (Wildman–Crippen LogP) is 4.53. The second-order valence-corrected chi connectivity index (χ2v) is 6.82. The molecule has 1 heterocycles. The van der Waals surface area contributed by atoms with Crippen molar-refractivity contribution in [3.63, 3.8) is 0 Å². The van der Waals surface area contributed by atoms with Crippen LogP contribution in [0.2, 0.25) is 0 Å². The maximum atomic E-state index is 14.0. The Morgan fingerprint density at radius 3 is 2.78 bits per heavy atom. The molecule has 1 amide bonds. The first-order chi connectivity index (χ1) is 13.1. The lowest BCUT2D eigenvalue weighted by atomic mass is 10.0. The van der Waals surface area contributed by atoms with Gasteiger partial charge in [-0.2, -0.15) is 0 Å². The van der Waals surface area contributed by atoms with Crippen molar-refractivity contribution in [2.24, 2.45) is 0 Å². The van der Waals surface area contributed by atoms with Gasteiger partial charge < -0.3 is 14.4 Å². The van der Waals surface area contributed by atoms with Crippen molar-refractivity contribution in [1.29, 1.82) is 0 Å². The molecule has 0 unspecified atom stereocenters. The number of methoxy groups -OCH3 is 1. The maximum absolute atomic E-state index is 14.0. The number of carbonyl (C=O) groups is 1. The molecule has 4 nitrogen and oxygen atoms in total. The van der Waals surface area contributed by atoms with Gasteiger partial charge in [-0.1, -0.05) is 25.1 Å². The molecule has 0 radical (unpaired) electrons. The van der Waals surface area contributed by atoms with Crippen LogP contribution in [0, 0.1) is 5.82 Å². The minimum absolute atomic E-state index is 0.00404. The third-order valence-corrected chi connectivity index (χ3v) is 4.82. The number of nitrogens with zero attached hydrogens (tertiary/aromatic N) is 1. The zero-order chi connectivity index (χ0) is 19.2. The zero-order valence-electron chi connectivity index (χ0n) is 15.9. The summed E-state index contributed by atoms with van der Waals surface area (Å²) < 4.78 is 24.8. The largest absolute Gasteiger partial charge is 0.494 e. The molecule has 1 aliphatic rings. The maximum Gasteiger partial charge on any atom is 0.253 e. The fourth-order valence-corrected chi connectivity index (χ4v) is 3.40. The number of hydrogen-bond donors (Lipinski definition) is 0. The molecule has 5 heteroatoms. The number of hydrogen-bond acceptors (Lipinski definition) is 3. The van der Waals surface area contributed by atoms with E-state index in [1.54, 1.807) is 12.1 Å². The number of rotatable bonds is 6. The van der Waals surface area contributed by atoms with Crippen molar-refractivity contribution in [3.8, 4) is 16.9 Å². The Bertz CT molecular complexity index is 793. The average molecular weight is 371 g/mol. The van der Waals surface area contributed by atoms with E-state index < -0.39 is 5.82 Å². The lowest BCUT2D eigenvalue weighted by molar-refractivity contribution is 0.00211. The third kappa shape index (κ3) is 4.66. The molecule has 0 aliphatic carbocycles. The Kier molecular flexibility index (Phi) is 6.45. The summed E-state index contributed by atoms with van der Waals surface area (Å²) in [5.41, 5.74) is 2.13. The molecule has 0 saturated carbocycles. The molecule has 1 atom stereocenters. The second kappa shape index (κ2) is 9.00. The SMILES string of the molecule is CCCO[C@@H]1CCCN(C(=O)c2cccc(-c3ccc(OC)c(F)c3)c2)C1. The molecule has 27 heavy (non-hydrogen) atoms. The summed E-state index contributed by atoms with van der Waals surface area (Å²) in [6.45, 7) is 4.18. The predicted molar refractivity (Wildman–Crippen MR) is 104 cm³/mol. The van der Waals surface area contributed by atoms with Crippen molar-refractivity contribution < 1.29 is 18.7 Å². The molecule has 1 fully saturated rings. The highest BCUT2D eigenvalue weighted by atomic mass is 19.1. The summed E-state index contributed by atoms with van der Waals surface area (Å²) >= 11 is 0. The third-order valence-electron chi connectivity index (χ3n) is 4.82. The van der Waals surface area contributed by atoms with E-state index in [-0.39, 0.29) is 17.8 Å². The summed E-state index contributed by atoms with van der Waals surface area (Å²) in [5.74, 6) is -0.216. The molecule has 0 aromatic heterocycles. The monoisotopic (exact) mass is 371 g/mol. The lowest BCUT2D eigenvalue weighted by Crippen LogP contribution is -2.43. The van der Waals surface area contributed by atoms with Crippen LogP contribution in [0.5, 0.6) is 5.75 Å². The average Bonchev–Trinajstić information content (AvgIpc) is 2.72. The van der Waals surface area contributed by atoms with Gasteiger partial charge in [-0.25, -0.2) is 4.39 Å². The number of halogens is 1. The van der Waals surface area contributed by atoms with Gasteiger partial charge in [0.15, 0.2) is 11.6 Å². The van der Waals surface area contributed by atoms with Crippen molar-refractivity contribution >= 4 is 5.91 Å². The number of ether oxygens (including phenoxy) is 2. The van der Waals surface area contributed by atoms with E-state index in [1.165, 1.54) is 13.2 Å². The van der Waals surface area contributed by atoms with Gasteiger partial charge in [0.25, 0.3) is 5.91 Å². The lowest BCUT2D eigenvalue weighted by Gasteiger charge is -2.32. The number of benzene rings is 2. The van der Waals surface area contributed by atoms with Crippen molar-refractivity contribution in [2.45, 2.75) is 32.3 Å². The van der Waals surface area contributed by atoms with Gasteiger partial charge in [0.05, 0.1) is 13.2 Å². The van der Waals surface area contributed by atoms with Gasteiger partial charge in [0, 0.05) is 25.3 Å². The molecule has 2 aromatic rings. The van der Waals surface area contributed by atoms with E-state index in [4.69, 9.17) is 9.47 Å². The Morgan fingerprint density at radius 2 is 2.04 bits per heavy atom. The molecule has 1 aliphatic heterocycles. The highest BCUT2D eigenvalue weighted by Crippen LogP contribution is 2.27. The Balaban J connectivity index is 1.76. The molecule has 3 rings (SSSR count). The molecule has 0 bridgehead atoms. The van der Waals surface area contributed by atoms with E-state index >= 15 is 0 Å². The molecule has 1 saturated heterocycles. The first-order valence-corrected chi connectivity index (χ1v) is 9.47.